The summed E-state index contributed by atoms with van der Waals surface area (Å²) >= 11 is 3.08. The third-order valence-electron chi connectivity index (χ3n) is 5.11. The third-order valence-corrected chi connectivity index (χ3v) is 6.86. The first-order valence-electron chi connectivity index (χ1n) is 12.8. The lowest BCUT2D eigenvalue weighted by Crippen LogP contribution is -2.26. The Morgan fingerprint density at radius 2 is 1.47 bits per heavy atom. The van der Waals surface area contributed by atoms with Crippen LogP contribution in [0.15, 0.2) is 35.3 Å². The fourth-order valence-electron chi connectivity index (χ4n) is 3.39. The van der Waals surface area contributed by atoms with E-state index in [2.05, 4.69) is 4.98 Å². The van der Waals surface area contributed by atoms with Crippen LogP contribution in [-0.2, 0) is 36.6 Å². The van der Waals surface area contributed by atoms with E-state index in [1.54, 1.807) is 24.5 Å². The zero-order valence-corrected chi connectivity index (χ0v) is 24.3. The lowest BCUT2D eigenvalue weighted by molar-refractivity contribution is -0.143. The van der Waals surface area contributed by atoms with Crippen LogP contribution in [0.5, 0.6) is 0 Å². The molecule has 0 amide bonds. The topological polar surface area (TPSA) is 99.6 Å². The van der Waals surface area contributed by atoms with E-state index in [1.165, 1.54) is 35.2 Å². The van der Waals surface area contributed by atoms with Crippen LogP contribution >= 0.6 is 22.7 Å². The predicted molar refractivity (Wildman–Crippen MR) is 152 cm³/mol. The summed E-state index contributed by atoms with van der Waals surface area (Å²) in [5.41, 5.74) is 1.22. The van der Waals surface area contributed by atoms with Gasteiger partial charge >= 0.3 is 18.0 Å². The van der Waals surface area contributed by atoms with Crippen molar-refractivity contribution in [3.8, 4) is 0 Å². The molecule has 0 saturated heterocycles. The van der Waals surface area contributed by atoms with Gasteiger partial charge < -0.3 is 19.2 Å². The molecule has 0 atom stereocenters. The van der Waals surface area contributed by atoms with Crippen LogP contribution < -0.4 is 0 Å². The maximum atomic E-state index is 12.2. The highest BCUT2D eigenvalue weighted by atomic mass is 32.1. The minimum atomic E-state index is -0.563. The molecule has 8 nitrogen and oxygen atoms in total. The van der Waals surface area contributed by atoms with Gasteiger partial charge in [-0.25, -0.2) is 9.36 Å². The van der Waals surface area contributed by atoms with Crippen molar-refractivity contribution in [3.05, 3.63) is 46.4 Å². The van der Waals surface area contributed by atoms with Crippen LogP contribution in [0.1, 0.15) is 65.0 Å². The molecule has 0 radical (unpaired) electrons. The summed E-state index contributed by atoms with van der Waals surface area (Å²) in [6, 6.07) is 3.92. The van der Waals surface area contributed by atoms with E-state index in [0.717, 1.165) is 31.6 Å². The molecule has 0 aliphatic heterocycles. The van der Waals surface area contributed by atoms with Crippen LogP contribution in [0.2, 0.25) is 0 Å². The highest BCUT2D eigenvalue weighted by Crippen LogP contribution is 2.28. The molecule has 0 unspecified atom stereocenters. The molecule has 10 heteroatoms. The Hall–Kier alpha value is -3.11. The number of rotatable bonds is 6. The van der Waals surface area contributed by atoms with Gasteiger partial charge in [0.2, 0.25) is 0 Å². The van der Waals surface area contributed by atoms with Crippen molar-refractivity contribution < 1.29 is 28.6 Å². The molecule has 206 valence electrons. The molecule has 1 fully saturated rings. The molecule has 1 aliphatic carbocycles. The highest BCUT2D eigenvalue weighted by molar-refractivity contribution is 7.17. The molecule has 0 spiro atoms. The molecule has 0 bridgehead atoms. The Morgan fingerprint density at radius 3 is 2.05 bits per heavy atom. The molecule has 4 aromatic heterocycles. The summed E-state index contributed by atoms with van der Waals surface area (Å²) in [6.45, 7) is 9.83. The smallest absolute Gasteiger partial charge is 0.419 e. The fraction of sp³-hybridized carbons (Fsp3) is 0.464. The largest absolute Gasteiger partial charge is 0.466 e. The number of thiophene rings is 2. The summed E-state index contributed by atoms with van der Waals surface area (Å²) in [5, 5.41) is 5.91. The van der Waals surface area contributed by atoms with E-state index >= 15 is 0 Å². The number of aromatic amines is 1. The molecule has 1 N–H and O–H groups in total. The number of esters is 2. The van der Waals surface area contributed by atoms with Crippen LogP contribution in [-0.4, -0.2) is 46.4 Å². The number of nitrogens with zero attached hydrogens (tertiary/aromatic N) is 1. The number of H-pyrrole nitrogens is 1. The normalized spacial score (nSPS) is 12.2. The average molecular weight is 561 g/mol. The van der Waals surface area contributed by atoms with Crippen molar-refractivity contribution in [2.24, 2.45) is 0 Å². The summed E-state index contributed by atoms with van der Waals surface area (Å²) in [7, 11) is 0. The minimum absolute atomic E-state index is 0.150. The second-order valence-electron chi connectivity index (χ2n) is 9.65. The van der Waals surface area contributed by atoms with Gasteiger partial charge in [0.15, 0.2) is 0 Å². The Morgan fingerprint density at radius 1 is 0.895 bits per heavy atom. The third kappa shape index (κ3) is 8.73. The summed E-state index contributed by atoms with van der Waals surface area (Å²) in [6.07, 6.45) is 8.09. The number of carbonyl (C=O) groups is 3. The van der Waals surface area contributed by atoms with Crippen molar-refractivity contribution in [2.75, 3.05) is 13.2 Å². The van der Waals surface area contributed by atoms with Crippen LogP contribution in [0.4, 0.5) is 4.79 Å². The van der Waals surface area contributed by atoms with Crippen LogP contribution in [0.3, 0.4) is 0 Å². The number of carbonyl (C=O) groups excluding carboxylic acids is 3. The molecule has 4 aromatic rings. The monoisotopic (exact) mass is 560 g/mol. The molecule has 5 rings (SSSR count). The van der Waals surface area contributed by atoms with Crippen molar-refractivity contribution in [1.82, 2.24) is 9.55 Å². The molecule has 1 saturated carbocycles. The zero-order valence-electron chi connectivity index (χ0n) is 22.6. The predicted octanol–water partition coefficient (Wildman–Crippen LogP) is 7.10. The first-order valence-corrected chi connectivity index (χ1v) is 14.5. The van der Waals surface area contributed by atoms with Gasteiger partial charge in [-0.1, -0.05) is 19.3 Å². The lowest BCUT2D eigenvalue weighted by Gasteiger charge is -2.19. The molecule has 0 aromatic carbocycles. The molecule has 4 heterocycles. The van der Waals surface area contributed by atoms with Gasteiger partial charge in [0.05, 0.1) is 30.9 Å². The lowest BCUT2D eigenvalue weighted by atomic mass is 10.2. The number of fused-ring (bicyclic) bond motifs is 2. The summed E-state index contributed by atoms with van der Waals surface area (Å²) in [5.74, 6) is -0.466. The molecular weight excluding hydrogens is 524 g/mol. The van der Waals surface area contributed by atoms with Crippen molar-refractivity contribution in [1.29, 1.82) is 0 Å². The minimum Gasteiger partial charge on any atom is -0.466 e. The number of hydrogen-bond donors (Lipinski definition) is 1. The SMILES string of the molecule is C1CC1.CCOC(=O)Cc1c[nH]c2sccc12.CCOC(=O)Cc1cn(C(=O)OC(C)(C)C)c2sccc12. The van der Waals surface area contributed by atoms with Crippen LogP contribution in [0, 0.1) is 0 Å². The van der Waals surface area contributed by atoms with E-state index in [1.807, 2.05) is 56.8 Å². The van der Waals surface area contributed by atoms with E-state index in [0.29, 0.717) is 19.6 Å². The van der Waals surface area contributed by atoms with E-state index in [9.17, 15) is 14.4 Å². The van der Waals surface area contributed by atoms with Gasteiger partial charge in [-0.15, -0.1) is 22.7 Å². The second kappa shape index (κ2) is 13.6. The quantitative estimate of drug-likeness (QED) is 0.199. The van der Waals surface area contributed by atoms with E-state index < -0.39 is 11.7 Å². The summed E-state index contributed by atoms with van der Waals surface area (Å²) < 4.78 is 16.7. The Bertz CT molecular complexity index is 1350. The van der Waals surface area contributed by atoms with Gasteiger partial charge in [0, 0.05) is 23.2 Å². The first kappa shape index (κ1) is 29.4. The Labute approximate surface area is 230 Å². The van der Waals surface area contributed by atoms with Gasteiger partial charge in [-0.05, 0) is 68.6 Å². The van der Waals surface area contributed by atoms with E-state index in [-0.39, 0.29) is 18.4 Å². The first-order chi connectivity index (χ1) is 18.1. The Balaban J connectivity index is 0.000000200. The molecular formula is C28H36N2O6S2. The van der Waals surface area contributed by atoms with Crippen molar-refractivity contribution >= 4 is 61.1 Å². The fourth-order valence-corrected chi connectivity index (χ4v) is 5.08. The Kier molecular flexibility index (Phi) is 10.6. The number of nitrogens with one attached hydrogen (secondary N) is 1. The van der Waals surface area contributed by atoms with Gasteiger partial charge in [0.1, 0.15) is 10.4 Å². The molecule has 1 aliphatic rings. The number of ether oxygens (including phenoxy) is 3. The van der Waals surface area contributed by atoms with Crippen molar-refractivity contribution in [3.63, 3.8) is 0 Å². The second-order valence-corrected chi connectivity index (χ2v) is 11.5. The van der Waals surface area contributed by atoms with Crippen LogP contribution in [0.25, 0.3) is 20.4 Å². The maximum Gasteiger partial charge on any atom is 0.419 e. The summed E-state index contributed by atoms with van der Waals surface area (Å²) in [4.78, 5) is 40.1. The van der Waals surface area contributed by atoms with Crippen molar-refractivity contribution in [2.45, 2.75) is 72.3 Å². The maximum absolute atomic E-state index is 12.2. The number of aromatic nitrogens is 2. The van der Waals surface area contributed by atoms with Gasteiger partial charge in [-0.2, -0.15) is 0 Å². The number of hydrogen-bond acceptors (Lipinski definition) is 8. The average Bonchev–Trinajstić information content (AvgIpc) is 3.23. The van der Waals surface area contributed by atoms with Gasteiger partial charge in [0.25, 0.3) is 0 Å². The standard InChI is InChI=1S/C15H19NO4S.C10H11NO2S.C3H6/c1-5-19-12(17)8-10-9-16(13-11(10)6-7-21-13)14(18)20-15(2,3)4;1-2-13-9(12)5-7-6-11-10-8(7)3-4-14-10;1-2-3-1/h6-7,9H,5,8H2,1-4H3;3-4,6,11H,2,5H2,1H3;1-3H2. The zero-order chi connectivity index (χ0) is 27.7. The van der Waals surface area contributed by atoms with E-state index in [4.69, 9.17) is 14.2 Å². The highest BCUT2D eigenvalue weighted by Gasteiger charge is 2.22. The van der Waals surface area contributed by atoms with Gasteiger partial charge in [-0.3, -0.25) is 9.59 Å². The molecule has 38 heavy (non-hydrogen) atoms.